The second-order valence-electron chi connectivity index (χ2n) is 7.05. The van der Waals surface area contributed by atoms with E-state index in [1.807, 2.05) is 61.5 Å². The zero-order valence-corrected chi connectivity index (χ0v) is 17.0. The predicted octanol–water partition coefficient (Wildman–Crippen LogP) is 5.87. The highest BCUT2D eigenvalue weighted by atomic mass is 16.5. The molecule has 0 radical (unpaired) electrons. The first-order valence-corrected chi connectivity index (χ1v) is 10.0. The molecule has 0 amide bonds. The van der Waals surface area contributed by atoms with Gasteiger partial charge in [-0.25, -0.2) is 0 Å². The number of benzene rings is 3. The van der Waals surface area contributed by atoms with Crippen molar-refractivity contribution in [2.75, 3.05) is 6.61 Å². The van der Waals surface area contributed by atoms with E-state index in [1.165, 1.54) is 5.57 Å². The highest BCUT2D eigenvalue weighted by Crippen LogP contribution is 2.38. The van der Waals surface area contributed by atoms with Crippen molar-refractivity contribution in [3.8, 4) is 11.5 Å². The number of carboxylic acid groups (broad SMARTS) is 1. The number of carbonyl (C=O) groups is 1. The third-order valence-electron chi connectivity index (χ3n) is 4.97. The van der Waals surface area contributed by atoms with Gasteiger partial charge in [0.2, 0.25) is 0 Å². The molecule has 0 aromatic heterocycles. The molecule has 3 aromatic carbocycles. The first kappa shape index (κ1) is 21.2. The Morgan fingerprint density at radius 2 is 1.53 bits per heavy atom. The van der Waals surface area contributed by atoms with Gasteiger partial charge >= 0.3 is 5.97 Å². The number of hydrogen-bond acceptors (Lipinski definition) is 3. The number of ether oxygens (including phenoxy) is 1. The highest BCUT2D eigenvalue weighted by Gasteiger charge is 2.20. The van der Waals surface area contributed by atoms with Crippen molar-refractivity contribution < 1.29 is 19.7 Å². The minimum Gasteiger partial charge on any atom is -0.508 e. The summed E-state index contributed by atoms with van der Waals surface area (Å²) in [5.41, 5.74) is 4.51. The molecule has 3 aromatic rings. The number of allylic oxidation sites excluding steroid dienone is 2. The van der Waals surface area contributed by atoms with Crippen LogP contribution in [-0.2, 0) is 4.79 Å². The number of rotatable bonds is 9. The maximum Gasteiger partial charge on any atom is 0.303 e. The molecule has 0 aliphatic heterocycles. The molecule has 4 heteroatoms. The summed E-state index contributed by atoms with van der Waals surface area (Å²) >= 11 is 0. The Labute approximate surface area is 177 Å². The normalized spacial score (nSPS) is 12.4. The van der Waals surface area contributed by atoms with Gasteiger partial charge in [-0.2, -0.15) is 0 Å². The Hall–Kier alpha value is -3.53. The lowest BCUT2D eigenvalue weighted by Crippen LogP contribution is -2.05. The summed E-state index contributed by atoms with van der Waals surface area (Å²) < 4.78 is 5.67. The van der Waals surface area contributed by atoms with E-state index in [-0.39, 0.29) is 18.1 Å². The summed E-state index contributed by atoms with van der Waals surface area (Å²) in [7, 11) is 0. The molecule has 0 spiro atoms. The quantitative estimate of drug-likeness (QED) is 0.439. The number of phenolic OH excluding ortho intramolecular Hbond substituents is 1. The maximum atomic E-state index is 10.6. The van der Waals surface area contributed by atoms with Crippen LogP contribution in [0.1, 0.15) is 42.4 Å². The van der Waals surface area contributed by atoms with E-state index in [1.54, 1.807) is 12.1 Å². The molecule has 0 aliphatic rings. The second kappa shape index (κ2) is 10.3. The van der Waals surface area contributed by atoms with Crippen LogP contribution in [0.3, 0.4) is 0 Å². The molecule has 0 saturated heterocycles. The molecule has 1 unspecified atom stereocenters. The number of aromatic hydroxyl groups is 1. The van der Waals surface area contributed by atoms with Gasteiger partial charge in [0.25, 0.3) is 0 Å². The minimum absolute atomic E-state index is 0.000870. The van der Waals surface area contributed by atoms with Gasteiger partial charge < -0.3 is 14.9 Å². The number of phenols is 1. The van der Waals surface area contributed by atoms with Gasteiger partial charge in [0.1, 0.15) is 11.5 Å². The van der Waals surface area contributed by atoms with Crippen molar-refractivity contribution in [3.63, 3.8) is 0 Å². The van der Waals surface area contributed by atoms with Crippen molar-refractivity contribution in [2.24, 2.45) is 0 Å². The summed E-state index contributed by atoms with van der Waals surface area (Å²) in [4.78, 5) is 10.6. The van der Waals surface area contributed by atoms with Gasteiger partial charge in [-0.3, -0.25) is 4.79 Å². The molecule has 30 heavy (non-hydrogen) atoms. The Bertz CT molecular complexity index is 974. The van der Waals surface area contributed by atoms with Crippen LogP contribution in [0.4, 0.5) is 0 Å². The molecule has 0 fully saturated rings. The van der Waals surface area contributed by atoms with Gasteiger partial charge in [-0.15, -0.1) is 0 Å². The average molecular weight is 402 g/mol. The van der Waals surface area contributed by atoms with E-state index in [0.29, 0.717) is 13.0 Å². The topological polar surface area (TPSA) is 66.8 Å². The summed E-state index contributed by atoms with van der Waals surface area (Å²) in [6.07, 6.45) is 2.70. The Kier molecular flexibility index (Phi) is 7.28. The van der Waals surface area contributed by atoms with Crippen LogP contribution in [0.15, 0.2) is 84.9 Å². The zero-order chi connectivity index (χ0) is 21.3. The lowest BCUT2D eigenvalue weighted by atomic mass is 9.81. The van der Waals surface area contributed by atoms with Gasteiger partial charge in [0.15, 0.2) is 0 Å². The van der Waals surface area contributed by atoms with Gasteiger partial charge in [0.05, 0.1) is 6.61 Å². The maximum absolute atomic E-state index is 10.6. The van der Waals surface area contributed by atoms with Gasteiger partial charge in [-0.05, 0) is 59.9 Å². The fourth-order valence-electron chi connectivity index (χ4n) is 3.52. The zero-order valence-electron chi connectivity index (χ0n) is 17.0. The predicted molar refractivity (Wildman–Crippen MR) is 119 cm³/mol. The van der Waals surface area contributed by atoms with Crippen molar-refractivity contribution in [1.82, 2.24) is 0 Å². The molecule has 0 bridgehead atoms. The van der Waals surface area contributed by atoms with Crippen LogP contribution in [-0.4, -0.2) is 22.8 Å². The number of carboxylic acids is 1. The van der Waals surface area contributed by atoms with Crippen LogP contribution in [0.2, 0.25) is 0 Å². The molecule has 1 atom stereocenters. The molecule has 3 rings (SSSR count). The van der Waals surface area contributed by atoms with Crippen LogP contribution in [0, 0.1) is 0 Å². The Morgan fingerprint density at radius 1 is 0.933 bits per heavy atom. The first-order chi connectivity index (χ1) is 14.6. The monoisotopic (exact) mass is 402 g/mol. The van der Waals surface area contributed by atoms with Crippen molar-refractivity contribution in [2.45, 2.75) is 25.7 Å². The summed E-state index contributed by atoms with van der Waals surface area (Å²) in [5, 5.41) is 18.5. The molecule has 154 valence electrons. The molecule has 2 N–H and O–H groups in total. The smallest absolute Gasteiger partial charge is 0.303 e. The SMILES string of the molecule is CC=C(c1ccccc1)C(c1ccc(O)cc1)c1ccc(OCCCC(=O)O)cc1. The van der Waals surface area contributed by atoms with E-state index in [2.05, 4.69) is 18.2 Å². The molecule has 0 aliphatic carbocycles. The summed E-state index contributed by atoms with van der Waals surface area (Å²) in [6.45, 7) is 2.41. The van der Waals surface area contributed by atoms with Gasteiger partial charge in [0, 0.05) is 12.3 Å². The molecular formula is C26H26O4. The molecule has 0 saturated carbocycles. The molecular weight excluding hydrogens is 376 g/mol. The Morgan fingerprint density at radius 3 is 2.10 bits per heavy atom. The third-order valence-corrected chi connectivity index (χ3v) is 4.97. The second-order valence-corrected chi connectivity index (χ2v) is 7.05. The van der Waals surface area contributed by atoms with Crippen LogP contribution in [0.25, 0.3) is 5.57 Å². The van der Waals surface area contributed by atoms with Crippen molar-refractivity contribution in [1.29, 1.82) is 0 Å². The van der Waals surface area contributed by atoms with Crippen molar-refractivity contribution >= 4 is 11.5 Å². The molecule has 0 heterocycles. The number of hydrogen-bond donors (Lipinski definition) is 2. The Balaban J connectivity index is 1.89. The fourth-order valence-corrected chi connectivity index (χ4v) is 3.52. The van der Waals surface area contributed by atoms with E-state index >= 15 is 0 Å². The largest absolute Gasteiger partial charge is 0.508 e. The summed E-state index contributed by atoms with van der Waals surface area (Å²) in [5.74, 6) is 0.143. The first-order valence-electron chi connectivity index (χ1n) is 10.0. The minimum atomic E-state index is -0.814. The van der Waals surface area contributed by atoms with E-state index in [9.17, 15) is 9.90 Å². The molecule has 4 nitrogen and oxygen atoms in total. The third kappa shape index (κ3) is 5.51. The van der Waals surface area contributed by atoms with E-state index in [0.717, 1.165) is 22.4 Å². The highest BCUT2D eigenvalue weighted by molar-refractivity contribution is 5.75. The van der Waals surface area contributed by atoms with Gasteiger partial charge in [-0.1, -0.05) is 60.7 Å². The lowest BCUT2D eigenvalue weighted by Gasteiger charge is -2.23. The van der Waals surface area contributed by atoms with E-state index < -0.39 is 5.97 Å². The van der Waals surface area contributed by atoms with E-state index in [4.69, 9.17) is 9.84 Å². The van der Waals surface area contributed by atoms with Crippen LogP contribution in [0.5, 0.6) is 11.5 Å². The van der Waals surface area contributed by atoms with Crippen molar-refractivity contribution in [3.05, 3.63) is 102 Å². The standard InChI is InChI=1S/C26H26O4/c1-2-24(19-7-4-3-5-8-19)26(20-10-14-22(27)15-11-20)21-12-16-23(17-13-21)30-18-6-9-25(28)29/h2-5,7-8,10-17,26-27H,6,9,18H2,1H3,(H,28,29). The van der Waals surface area contributed by atoms with Crippen LogP contribution < -0.4 is 4.74 Å². The lowest BCUT2D eigenvalue weighted by molar-refractivity contribution is -0.137. The number of aliphatic carboxylic acids is 1. The van der Waals surface area contributed by atoms with Crippen LogP contribution >= 0.6 is 0 Å². The average Bonchev–Trinajstić information content (AvgIpc) is 2.77. The summed E-state index contributed by atoms with van der Waals surface area (Å²) in [6, 6.07) is 25.5. The fraction of sp³-hybridized carbons (Fsp3) is 0.192.